The maximum absolute atomic E-state index is 12.3. The zero-order chi connectivity index (χ0) is 20.2. The Labute approximate surface area is 167 Å². The molecule has 0 saturated carbocycles. The van der Waals surface area contributed by atoms with E-state index in [1.165, 1.54) is 11.8 Å². The Kier molecular flexibility index (Phi) is 8.61. The quantitative estimate of drug-likeness (QED) is 0.369. The standard InChI is InChI=1S/C23H27N3O2/c1-3-4-5-18-6-10-21(11-7-18)26-23(27)20(16-24)17-25-15-14-19-8-12-22(28-2)13-9-19/h6-13,17,25H,3-5,14-15H2,1-2H3,(H,26,27)/b20-17-. The Morgan fingerprint density at radius 2 is 1.71 bits per heavy atom. The van der Waals surface area contributed by atoms with Gasteiger partial charge in [-0.05, 0) is 54.7 Å². The van der Waals surface area contributed by atoms with Gasteiger partial charge in [-0.25, -0.2) is 0 Å². The summed E-state index contributed by atoms with van der Waals surface area (Å²) in [5.74, 6) is 0.402. The van der Waals surface area contributed by atoms with Crippen LogP contribution in [0.25, 0.3) is 0 Å². The number of nitrogens with one attached hydrogen (secondary N) is 2. The van der Waals surface area contributed by atoms with Crippen LogP contribution < -0.4 is 15.4 Å². The van der Waals surface area contributed by atoms with Crippen LogP contribution in [0.3, 0.4) is 0 Å². The summed E-state index contributed by atoms with van der Waals surface area (Å²) in [7, 11) is 1.64. The number of nitrogens with zero attached hydrogens (tertiary/aromatic N) is 1. The molecule has 0 aliphatic carbocycles. The number of hydrogen-bond acceptors (Lipinski definition) is 4. The van der Waals surface area contributed by atoms with Gasteiger partial charge in [0.25, 0.3) is 5.91 Å². The number of unbranched alkanes of at least 4 members (excludes halogenated alkanes) is 1. The third-order valence-corrected chi connectivity index (χ3v) is 4.36. The lowest BCUT2D eigenvalue weighted by Gasteiger charge is -2.07. The minimum atomic E-state index is -0.416. The van der Waals surface area contributed by atoms with Gasteiger partial charge in [0.15, 0.2) is 0 Å². The number of aryl methyl sites for hydroxylation is 1. The van der Waals surface area contributed by atoms with Gasteiger partial charge in [0.2, 0.25) is 0 Å². The highest BCUT2D eigenvalue weighted by molar-refractivity contribution is 6.06. The van der Waals surface area contributed by atoms with E-state index in [2.05, 4.69) is 17.6 Å². The molecular weight excluding hydrogens is 350 g/mol. The molecule has 2 aromatic rings. The van der Waals surface area contributed by atoms with Gasteiger partial charge < -0.3 is 15.4 Å². The van der Waals surface area contributed by atoms with Gasteiger partial charge in [0.1, 0.15) is 17.4 Å². The van der Waals surface area contributed by atoms with Gasteiger partial charge in [0, 0.05) is 18.4 Å². The summed E-state index contributed by atoms with van der Waals surface area (Å²) in [5.41, 5.74) is 3.12. The number of anilines is 1. The maximum atomic E-state index is 12.3. The third kappa shape index (κ3) is 6.81. The number of nitriles is 1. The first-order chi connectivity index (χ1) is 13.7. The van der Waals surface area contributed by atoms with Gasteiger partial charge in [-0.1, -0.05) is 37.6 Å². The first-order valence-electron chi connectivity index (χ1n) is 9.53. The predicted octanol–water partition coefficient (Wildman–Crippen LogP) is 4.22. The molecule has 5 heteroatoms. The zero-order valence-electron chi connectivity index (χ0n) is 16.5. The lowest BCUT2D eigenvalue weighted by Crippen LogP contribution is -2.18. The monoisotopic (exact) mass is 377 g/mol. The van der Waals surface area contributed by atoms with Gasteiger partial charge in [-0.2, -0.15) is 5.26 Å². The molecule has 0 bridgehead atoms. The highest BCUT2D eigenvalue weighted by atomic mass is 16.5. The first kappa shape index (κ1) is 21.0. The van der Waals surface area contributed by atoms with Crippen molar-refractivity contribution in [2.24, 2.45) is 0 Å². The van der Waals surface area contributed by atoms with Crippen LogP contribution in [0.5, 0.6) is 5.75 Å². The number of carbonyl (C=O) groups is 1. The van der Waals surface area contributed by atoms with Crippen molar-refractivity contribution in [2.45, 2.75) is 32.6 Å². The van der Waals surface area contributed by atoms with Crippen molar-refractivity contribution in [3.63, 3.8) is 0 Å². The third-order valence-electron chi connectivity index (χ3n) is 4.36. The number of carbonyl (C=O) groups excluding carboxylic acids is 1. The number of rotatable bonds is 10. The fraction of sp³-hybridized carbons (Fsp3) is 0.304. The van der Waals surface area contributed by atoms with Crippen molar-refractivity contribution in [3.05, 3.63) is 71.4 Å². The Morgan fingerprint density at radius 3 is 2.32 bits per heavy atom. The van der Waals surface area contributed by atoms with E-state index in [0.29, 0.717) is 12.2 Å². The summed E-state index contributed by atoms with van der Waals surface area (Å²) >= 11 is 0. The van der Waals surface area contributed by atoms with Gasteiger partial charge in [-0.3, -0.25) is 4.79 Å². The van der Waals surface area contributed by atoms with Crippen LogP contribution in [-0.4, -0.2) is 19.6 Å². The summed E-state index contributed by atoms with van der Waals surface area (Å²) < 4.78 is 5.13. The highest BCUT2D eigenvalue weighted by Gasteiger charge is 2.09. The molecule has 0 aliphatic heterocycles. The predicted molar refractivity (Wildman–Crippen MR) is 112 cm³/mol. The zero-order valence-corrected chi connectivity index (χ0v) is 16.5. The smallest absolute Gasteiger partial charge is 0.267 e. The lowest BCUT2D eigenvalue weighted by molar-refractivity contribution is -0.112. The van der Waals surface area contributed by atoms with E-state index in [9.17, 15) is 10.1 Å². The second-order valence-electron chi connectivity index (χ2n) is 6.48. The van der Waals surface area contributed by atoms with Crippen LogP contribution >= 0.6 is 0 Å². The summed E-state index contributed by atoms with van der Waals surface area (Å²) in [6.07, 6.45) is 5.58. The van der Waals surface area contributed by atoms with E-state index >= 15 is 0 Å². The normalized spacial score (nSPS) is 10.8. The minimum Gasteiger partial charge on any atom is -0.497 e. The molecule has 5 nitrogen and oxygen atoms in total. The average molecular weight is 377 g/mol. The molecule has 2 N–H and O–H groups in total. The fourth-order valence-electron chi connectivity index (χ4n) is 2.67. The van der Waals surface area contributed by atoms with Crippen molar-refractivity contribution in [1.82, 2.24) is 5.32 Å². The summed E-state index contributed by atoms with van der Waals surface area (Å²) in [4.78, 5) is 12.3. The first-order valence-corrected chi connectivity index (χ1v) is 9.53. The number of methoxy groups -OCH3 is 1. The van der Waals surface area contributed by atoms with Crippen molar-refractivity contribution in [2.75, 3.05) is 19.0 Å². The molecule has 28 heavy (non-hydrogen) atoms. The number of amides is 1. The molecule has 0 fully saturated rings. The molecule has 0 unspecified atom stereocenters. The summed E-state index contributed by atoms with van der Waals surface area (Å²) in [6.45, 7) is 2.78. The van der Waals surface area contributed by atoms with E-state index in [4.69, 9.17) is 4.74 Å². The Hall–Kier alpha value is -3.26. The molecule has 0 aromatic heterocycles. The number of hydrogen-bond donors (Lipinski definition) is 2. The molecule has 0 saturated heterocycles. The van der Waals surface area contributed by atoms with Gasteiger partial charge >= 0.3 is 0 Å². The molecule has 0 atom stereocenters. The van der Waals surface area contributed by atoms with Crippen LogP contribution in [-0.2, 0) is 17.6 Å². The van der Waals surface area contributed by atoms with Crippen LogP contribution in [0.2, 0.25) is 0 Å². The Bertz CT molecular complexity index is 818. The topological polar surface area (TPSA) is 74.2 Å². The molecule has 2 rings (SSSR count). The van der Waals surface area contributed by atoms with E-state index in [1.807, 2.05) is 54.6 Å². The highest BCUT2D eigenvalue weighted by Crippen LogP contribution is 2.13. The van der Waals surface area contributed by atoms with Crippen molar-refractivity contribution < 1.29 is 9.53 Å². The van der Waals surface area contributed by atoms with Crippen molar-refractivity contribution >= 4 is 11.6 Å². The van der Waals surface area contributed by atoms with E-state index in [1.54, 1.807) is 7.11 Å². The molecule has 0 radical (unpaired) electrons. The van der Waals surface area contributed by atoms with Crippen molar-refractivity contribution in [1.29, 1.82) is 5.26 Å². The number of ether oxygens (including phenoxy) is 1. The summed E-state index contributed by atoms with van der Waals surface area (Å²) in [5, 5.41) is 15.1. The second-order valence-corrected chi connectivity index (χ2v) is 6.48. The molecule has 146 valence electrons. The Balaban J connectivity index is 1.83. The van der Waals surface area contributed by atoms with Crippen LogP contribution in [0.15, 0.2) is 60.3 Å². The fourth-order valence-corrected chi connectivity index (χ4v) is 2.67. The van der Waals surface area contributed by atoms with Crippen molar-refractivity contribution in [3.8, 4) is 11.8 Å². The number of benzene rings is 2. The molecule has 0 heterocycles. The lowest BCUT2D eigenvalue weighted by atomic mass is 10.1. The molecule has 2 aromatic carbocycles. The molecular formula is C23H27N3O2. The average Bonchev–Trinajstić information content (AvgIpc) is 2.73. The van der Waals surface area contributed by atoms with E-state index < -0.39 is 5.91 Å². The van der Waals surface area contributed by atoms with Crippen LogP contribution in [0.4, 0.5) is 5.69 Å². The molecule has 0 spiro atoms. The van der Waals surface area contributed by atoms with E-state index in [-0.39, 0.29) is 5.57 Å². The van der Waals surface area contributed by atoms with Gasteiger partial charge in [0.05, 0.1) is 7.11 Å². The summed E-state index contributed by atoms with van der Waals surface area (Å²) in [6, 6.07) is 17.5. The van der Waals surface area contributed by atoms with Gasteiger partial charge in [-0.15, -0.1) is 0 Å². The van der Waals surface area contributed by atoms with Crippen LogP contribution in [0, 0.1) is 11.3 Å². The van der Waals surface area contributed by atoms with Crippen LogP contribution in [0.1, 0.15) is 30.9 Å². The minimum absolute atomic E-state index is 0.0461. The molecule has 1 amide bonds. The molecule has 0 aliphatic rings. The second kappa shape index (κ2) is 11.5. The SMILES string of the molecule is CCCCc1ccc(NC(=O)/C(C#N)=C\NCCc2ccc(OC)cc2)cc1. The maximum Gasteiger partial charge on any atom is 0.267 e. The largest absolute Gasteiger partial charge is 0.497 e. The van der Waals surface area contributed by atoms with E-state index in [0.717, 1.165) is 37.0 Å². The Morgan fingerprint density at radius 1 is 1.07 bits per heavy atom.